The molecule has 0 radical (unpaired) electrons. The largest absolute Gasteiger partial charge is 0.323 e. The van der Waals surface area contributed by atoms with E-state index in [2.05, 4.69) is 38.3 Å². The molecule has 0 saturated carbocycles. The third-order valence-corrected chi connectivity index (χ3v) is 3.56. The van der Waals surface area contributed by atoms with Gasteiger partial charge in [-0.25, -0.2) is 0 Å². The molecule has 1 aromatic rings. The third-order valence-electron chi connectivity index (χ3n) is 2.60. The number of hydrogen-bond donors (Lipinski definition) is 1. The van der Waals surface area contributed by atoms with E-state index in [0.717, 1.165) is 6.42 Å². The fraction of sp³-hybridized carbons (Fsp3) is 0.600. The van der Waals surface area contributed by atoms with E-state index in [1.165, 1.54) is 4.88 Å². The SMILES string of the molecule is CCC(C)(C)C(N)c1cccs1. The lowest BCUT2D eigenvalue weighted by Crippen LogP contribution is -2.27. The molecule has 0 amide bonds. The molecular formula is C10H17NS. The van der Waals surface area contributed by atoms with Gasteiger partial charge in [0, 0.05) is 10.9 Å². The summed E-state index contributed by atoms with van der Waals surface area (Å²) in [5.74, 6) is 0. The normalized spacial score (nSPS) is 14.7. The van der Waals surface area contributed by atoms with Crippen LogP contribution < -0.4 is 5.73 Å². The van der Waals surface area contributed by atoms with E-state index in [9.17, 15) is 0 Å². The second kappa shape index (κ2) is 3.58. The molecular weight excluding hydrogens is 166 g/mol. The molecule has 0 aromatic carbocycles. The second-order valence-electron chi connectivity index (χ2n) is 3.84. The molecule has 0 bridgehead atoms. The van der Waals surface area contributed by atoms with Gasteiger partial charge in [-0.1, -0.05) is 26.8 Å². The Kier molecular flexibility index (Phi) is 2.91. The maximum Gasteiger partial charge on any atom is 0.0441 e. The van der Waals surface area contributed by atoms with E-state index in [0.29, 0.717) is 0 Å². The van der Waals surface area contributed by atoms with Crippen molar-refractivity contribution in [3.63, 3.8) is 0 Å². The van der Waals surface area contributed by atoms with Crippen LogP contribution in [0.5, 0.6) is 0 Å². The standard InChI is InChI=1S/C10H17NS/c1-4-10(2,3)9(11)8-6-5-7-12-8/h5-7,9H,4,11H2,1-3H3. The average Bonchev–Trinajstić information content (AvgIpc) is 2.55. The third kappa shape index (κ3) is 1.87. The Hall–Kier alpha value is -0.340. The first-order chi connectivity index (χ1) is 5.58. The second-order valence-corrected chi connectivity index (χ2v) is 4.81. The zero-order valence-corrected chi connectivity index (χ0v) is 8.82. The number of nitrogens with two attached hydrogens (primary N) is 1. The van der Waals surface area contributed by atoms with Crippen LogP contribution in [0.25, 0.3) is 0 Å². The monoisotopic (exact) mass is 183 g/mol. The van der Waals surface area contributed by atoms with Crippen LogP contribution in [0.15, 0.2) is 17.5 Å². The van der Waals surface area contributed by atoms with Crippen LogP contribution in [-0.4, -0.2) is 0 Å². The summed E-state index contributed by atoms with van der Waals surface area (Å²) in [7, 11) is 0. The fourth-order valence-corrected chi connectivity index (χ4v) is 2.01. The molecule has 12 heavy (non-hydrogen) atoms. The Morgan fingerprint density at radius 2 is 2.25 bits per heavy atom. The Labute approximate surface area is 78.6 Å². The summed E-state index contributed by atoms with van der Waals surface area (Å²) < 4.78 is 0. The van der Waals surface area contributed by atoms with Crippen molar-refractivity contribution < 1.29 is 0 Å². The minimum atomic E-state index is 0.183. The first-order valence-electron chi connectivity index (χ1n) is 4.37. The van der Waals surface area contributed by atoms with Crippen LogP contribution in [0, 0.1) is 5.41 Å². The van der Waals surface area contributed by atoms with E-state index in [1.54, 1.807) is 11.3 Å². The summed E-state index contributed by atoms with van der Waals surface area (Å²) in [6.45, 7) is 6.63. The maximum absolute atomic E-state index is 6.14. The van der Waals surface area contributed by atoms with Crippen molar-refractivity contribution in [1.82, 2.24) is 0 Å². The predicted molar refractivity (Wildman–Crippen MR) is 55.3 cm³/mol. The smallest absolute Gasteiger partial charge is 0.0441 e. The highest BCUT2D eigenvalue weighted by atomic mass is 32.1. The fourth-order valence-electron chi connectivity index (χ4n) is 1.07. The first kappa shape index (κ1) is 9.75. The van der Waals surface area contributed by atoms with Gasteiger partial charge < -0.3 is 5.73 Å². The molecule has 1 atom stereocenters. The Balaban J connectivity index is 2.78. The van der Waals surface area contributed by atoms with Crippen LogP contribution in [0.1, 0.15) is 38.1 Å². The van der Waals surface area contributed by atoms with Crippen molar-refractivity contribution in [2.24, 2.45) is 11.1 Å². The Bertz CT molecular complexity index is 226. The summed E-state index contributed by atoms with van der Waals surface area (Å²) in [6.07, 6.45) is 1.12. The summed E-state index contributed by atoms with van der Waals surface area (Å²) in [5.41, 5.74) is 6.35. The molecule has 0 aliphatic rings. The summed E-state index contributed by atoms with van der Waals surface area (Å²) in [4.78, 5) is 1.29. The van der Waals surface area contributed by atoms with Gasteiger partial charge in [-0.3, -0.25) is 0 Å². The molecule has 2 N–H and O–H groups in total. The summed E-state index contributed by atoms with van der Waals surface area (Å²) in [6, 6.07) is 4.36. The molecule has 1 unspecified atom stereocenters. The number of rotatable bonds is 3. The molecule has 0 fully saturated rings. The Morgan fingerprint density at radius 3 is 2.67 bits per heavy atom. The van der Waals surface area contributed by atoms with Crippen molar-refractivity contribution in [1.29, 1.82) is 0 Å². The molecule has 68 valence electrons. The van der Waals surface area contributed by atoms with Crippen molar-refractivity contribution in [2.75, 3.05) is 0 Å². The highest BCUT2D eigenvalue weighted by Gasteiger charge is 2.25. The van der Waals surface area contributed by atoms with Crippen LogP contribution in [0.3, 0.4) is 0 Å². The van der Waals surface area contributed by atoms with Crippen LogP contribution >= 0.6 is 11.3 Å². The summed E-state index contributed by atoms with van der Waals surface area (Å²) in [5, 5.41) is 2.08. The summed E-state index contributed by atoms with van der Waals surface area (Å²) >= 11 is 1.75. The maximum atomic E-state index is 6.14. The van der Waals surface area contributed by atoms with Gasteiger partial charge in [-0.15, -0.1) is 11.3 Å². The number of thiophene rings is 1. The van der Waals surface area contributed by atoms with E-state index >= 15 is 0 Å². The lowest BCUT2D eigenvalue weighted by molar-refractivity contribution is 0.281. The van der Waals surface area contributed by atoms with E-state index in [4.69, 9.17) is 5.73 Å². The van der Waals surface area contributed by atoms with Gasteiger partial charge in [0.15, 0.2) is 0 Å². The van der Waals surface area contributed by atoms with Crippen molar-refractivity contribution in [3.8, 4) is 0 Å². The molecule has 0 spiro atoms. The van der Waals surface area contributed by atoms with Crippen molar-refractivity contribution in [2.45, 2.75) is 33.2 Å². The van der Waals surface area contributed by atoms with Crippen LogP contribution in [0.4, 0.5) is 0 Å². The van der Waals surface area contributed by atoms with E-state index in [1.807, 2.05) is 0 Å². The van der Waals surface area contributed by atoms with Crippen LogP contribution in [0.2, 0.25) is 0 Å². The average molecular weight is 183 g/mol. The first-order valence-corrected chi connectivity index (χ1v) is 5.25. The van der Waals surface area contributed by atoms with Gasteiger partial charge in [0.1, 0.15) is 0 Å². The van der Waals surface area contributed by atoms with Gasteiger partial charge in [0.05, 0.1) is 0 Å². The molecule has 0 aliphatic heterocycles. The van der Waals surface area contributed by atoms with Gasteiger partial charge in [0.25, 0.3) is 0 Å². The van der Waals surface area contributed by atoms with E-state index < -0.39 is 0 Å². The topological polar surface area (TPSA) is 26.0 Å². The lowest BCUT2D eigenvalue weighted by atomic mass is 9.82. The van der Waals surface area contributed by atoms with Gasteiger partial charge in [-0.2, -0.15) is 0 Å². The molecule has 1 aromatic heterocycles. The molecule has 0 aliphatic carbocycles. The minimum absolute atomic E-state index is 0.183. The molecule has 1 rings (SSSR count). The predicted octanol–water partition coefficient (Wildman–Crippen LogP) is 3.18. The van der Waals surface area contributed by atoms with Crippen LogP contribution in [-0.2, 0) is 0 Å². The number of hydrogen-bond acceptors (Lipinski definition) is 2. The molecule has 1 nitrogen and oxygen atoms in total. The quantitative estimate of drug-likeness (QED) is 0.765. The highest BCUT2D eigenvalue weighted by Crippen LogP contribution is 2.35. The highest BCUT2D eigenvalue weighted by molar-refractivity contribution is 7.10. The molecule has 1 heterocycles. The van der Waals surface area contributed by atoms with E-state index in [-0.39, 0.29) is 11.5 Å². The molecule has 0 saturated heterocycles. The Morgan fingerprint density at radius 1 is 1.58 bits per heavy atom. The zero-order valence-electron chi connectivity index (χ0n) is 8.00. The zero-order chi connectivity index (χ0) is 9.19. The van der Waals surface area contributed by atoms with Crippen molar-refractivity contribution >= 4 is 11.3 Å². The minimum Gasteiger partial charge on any atom is -0.323 e. The molecule has 2 heteroatoms. The van der Waals surface area contributed by atoms with Gasteiger partial charge >= 0.3 is 0 Å². The van der Waals surface area contributed by atoms with Gasteiger partial charge in [-0.05, 0) is 23.3 Å². The van der Waals surface area contributed by atoms with Gasteiger partial charge in [0.2, 0.25) is 0 Å². The van der Waals surface area contributed by atoms with Crippen molar-refractivity contribution in [3.05, 3.63) is 22.4 Å². The lowest BCUT2D eigenvalue weighted by Gasteiger charge is -2.29.